The van der Waals surface area contributed by atoms with Crippen molar-refractivity contribution in [2.45, 2.75) is 25.8 Å². The maximum atomic E-state index is 13.9. The van der Waals surface area contributed by atoms with Gasteiger partial charge in [-0.3, -0.25) is 9.80 Å². The van der Waals surface area contributed by atoms with Gasteiger partial charge in [0.05, 0.1) is 19.3 Å². The van der Waals surface area contributed by atoms with Crippen LogP contribution >= 0.6 is 0 Å². The number of piperidine rings is 1. The zero-order valence-corrected chi connectivity index (χ0v) is 17.3. The SMILES string of the molecule is C=C1CN(Cc2ccccc2F)N=C1c1ncc(N2CCCCC2=O)c(N)n1.C=CN. The minimum atomic E-state index is -0.271. The van der Waals surface area contributed by atoms with E-state index in [9.17, 15) is 9.18 Å². The zero-order valence-electron chi connectivity index (χ0n) is 17.3. The Kier molecular flexibility index (Phi) is 6.96. The fourth-order valence-corrected chi connectivity index (χ4v) is 3.43. The second kappa shape index (κ2) is 9.84. The molecule has 0 saturated carbocycles. The van der Waals surface area contributed by atoms with Gasteiger partial charge in [0.15, 0.2) is 11.6 Å². The lowest BCUT2D eigenvalue weighted by Gasteiger charge is -2.27. The molecule has 4 N–H and O–H groups in total. The molecule has 2 aliphatic heterocycles. The lowest BCUT2D eigenvalue weighted by atomic mass is 10.1. The Balaban J connectivity index is 0.000000858. The first kappa shape index (κ1) is 21.9. The van der Waals surface area contributed by atoms with Crippen LogP contribution in [-0.4, -0.2) is 39.7 Å². The molecule has 1 amide bonds. The summed E-state index contributed by atoms with van der Waals surface area (Å²) in [7, 11) is 0. The maximum absolute atomic E-state index is 13.9. The van der Waals surface area contributed by atoms with E-state index in [1.165, 1.54) is 12.3 Å². The minimum Gasteiger partial charge on any atom is -0.405 e. The van der Waals surface area contributed by atoms with Gasteiger partial charge >= 0.3 is 0 Å². The van der Waals surface area contributed by atoms with Crippen LogP contribution in [0.2, 0.25) is 0 Å². The summed E-state index contributed by atoms with van der Waals surface area (Å²) >= 11 is 0. The van der Waals surface area contributed by atoms with Crippen molar-refractivity contribution in [2.75, 3.05) is 23.7 Å². The number of nitrogens with zero attached hydrogens (tertiary/aromatic N) is 5. The van der Waals surface area contributed by atoms with Gasteiger partial charge in [-0.2, -0.15) is 5.10 Å². The van der Waals surface area contributed by atoms with Gasteiger partial charge in [-0.25, -0.2) is 14.4 Å². The summed E-state index contributed by atoms with van der Waals surface area (Å²) in [6.45, 7) is 8.57. The molecule has 1 saturated heterocycles. The van der Waals surface area contributed by atoms with Crippen LogP contribution < -0.4 is 16.4 Å². The number of anilines is 2. The molecule has 3 heterocycles. The number of rotatable bonds is 4. The van der Waals surface area contributed by atoms with E-state index in [2.05, 4.69) is 34.0 Å². The Morgan fingerprint density at radius 1 is 1.26 bits per heavy atom. The largest absolute Gasteiger partial charge is 0.405 e. The molecule has 8 nitrogen and oxygen atoms in total. The number of hydrogen-bond donors (Lipinski definition) is 2. The van der Waals surface area contributed by atoms with E-state index in [0.29, 0.717) is 48.8 Å². The topological polar surface area (TPSA) is 114 Å². The van der Waals surface area contributed by atoms with E-state index in [1.807, 2.05) is 0 Å². The Labute approximate surface area is 180 Å². The van der Waals surface area contributed by atoms with Crippen LogP contribution in [-0.2, 0) is 11.3 Å². The summed E-state index contributed by atoms with van der Waals surface area (Å²) in [5.74, 6) is 0.357. The summed E-state index contributed by atoms with van der Waals surface area (Å²) < 4.78 is 13.9. The molecular weight excluding hydrogens is 397 g/mol. The third-order valence-corrected chi connectivity index (χ3v) is 4.88. The van der Waals surface area contributed by atoms with Crippen molar-refractivity contribution >= 4 is 23.1 Å². The van der Waals surface area contributed by atoms with E-state index in [0.717, 1.165) is 18.4 Å². The highest BCUT2D eigenvalue weighted by Crippen LogP contribution is 2.26. The minimum absolute atomic E-state index is 0.0352. The summed E-state index contributed by atoms with van der Waals surface area (Å²) in [5.41, 5.74) is 13.1. The van der Waals surface area contributed by atoms with Crippen molar-refractivity contribution in [1.29, 1.82) is 0 Å². The third-order valence-electron chi connectivity index (χ3n) is 4.88. The molecule has 0 bridgehead atoms. The first-order valence-corrected chi connectivity index (χ1v) is 9.95. The first-order chi connectivity index (χ1) is 14.9. The molecule has 162 valence electrons. The Hall–Kier alpha value is -3.75. The first-order valence-electron chi connectivity index (χ1n) is 9.95. The molecule has 1 aromatic heterocycles. The standard InChI is InChI=1S/C20H21FN6O.C2H5N/c1-13-11-26(12-14-6-2-3-7-15(14)21)25-18(13)20-23-10-16(19(22)24-20)27-9-5-4-8-17(27)28;1-2-3/h2-3,6-7,10H,1,4-5,8-9,11-12H2,(H2,22,23,24);2H,1,3H2. The highest BCUT2D eigenvalue weighted by molar-refractivity contribution is 6.11. The molecule has 0 aliphatic carbocycles. The predicted octanol–water partition coefficient (Wildman–Crippen LogP) is 2.58. The van der Waals surface area contributed by atoms with E-state index in [1.54, 1.807) is 34.3 Å². The van der Waals surface area contributed by atoms with Crippen LogP contribution in [0.5, 0.6) is 0 Å². The van der Waals surface area contributed by atoms with Crippen molar-refractivity contribution in [2.24, 2.45) is 10.8 Å². The smallest absolute Gasteiger partial charge is 0.227 e. The van der Waals surface area contributed by atoms with E-state index < -0.39 is 0 Å². The van der Waals surface area contributed by atoms with Gasteiger partial charge in [-0.05, 0) is 30.7 Å². The third kappa shape index (κ3) is 5.06. The van der Waals surface area contributed by atoms with Gasteiger partial charge in [0.2, 0.25) is 5.91 Å². The molecule has 9 heteroatoms. The monoisotopic (exact) mass is 423 g/mol. The molecule has 2 aromatic rings. The number of hydrogen-bond acceptors (Lipinski definition) is 7. The summed E-state index contributed by atoms with van der Waals surface area (Å²) in [4.78, 5) is 22.5. The van der Waals surface area contributed by atoms with Crippen LogP contribution in [0.15, 0.2) is 60.5 Å². The molecule has 4 rings (SSSR count). The number of hydrazone groups is 1. The average Bonchev–Trinajstić information content (AvgIpc) is 3.11. The van der Waals surface area contributed by atoms with Gasteiger partial charge in [-0.15, -0.1) is 0 Å². The lowest BCUT2D eigenvalue weighted by Crippen LogP contribution is -2.36. The number of carbonyl (C=O) groups is 1. The highest BCUT2D eigenvalue weighted by atomic mass is 19.1. The number of amides is 1. The molecule has 0 unspecified atom stereocenters. The molecule has 31 heavy (non-hydrogen) atoms. The number of aromatic nitrogens is 2. The maximum Gasteiger partial charge on any atom is 0.227 e. The van der Waals surface area contributed by atoms with Gasteiger partial charge in [0.1, 0.15) is 17.2 Å². The fraction of sp³-hybridized carbons (Fsp3) is 0.273. The van der Waals surface area contributed by atoms with E-state index in [4.69, 9.17) is 5.73 Å². The molecule has 0 radical (unpaired) electrons. The molecule has 0 spiro atoms. The number of benzene rings is 1. The van der Waals surface area contributed by atoms with Gasteiger partial charge in [-0.1, -0.05) is 31.4 Å². The van der Waals surface area contributed by atoms with Gasteiger partial charge in [0.25, 0.3) is 0 Å². The van der Waals surface area contributed by atoms with Crippen LogP contribution in [0, 0.1) is 5.82 Å². The van der Waals surface area contributed by atoms with Crippen LogP contribution in [0.3, 0.4) is 0 Å². The normalized spacial score (nSPS) is 16.0. The van der Waals surface area contributed by atoms with Crippen molar-refractivity contribution in [3.05, 3.63) is 72.6 Å². The second-order valence-corrected chi connectivity index (χ2v) is 7.17. The summed E-state index contributed by atoms with van der Waals surface area (Å²) in [6.07, 6.45) is 5.15. The summed E-state index contributed by atoms with van der Waals surface area (Å²) in [6, 6.07) is 6.60. The average molecular weight is 423 g/mol. The molecule has 0 atom stereocenters. The molecule has 1 aromatic carbocycles. The second-order valence-electron chi connectivity index (χ2n) is 7.17. The van der Waals surface area contributed by atoms with Crippen molar-refractivity contribution < 1.29 is 9.18 Å². The van der Waals surface area contributed by atoms with Gasteiger partial charge < -0.3 is 16.4 Å². The Morgan fingerprint density at radius 3 is 2.68 bits per heavy atom. The summed E-state index contributed by atoms with van der Waals surface area (Å²) in [5, 5.41) is 6.22. The molecule has 2 aliphatic rings. The van der Waals surface area contributed by atoms with E-state index >= 15 is 0 Å². The quantitative estimate of drug-likeness (QED) is 0.781. The van der Waals surface area contributed by atoms with Crippen molar-refractivity contribution in [3.63, 3.8) is 0 Å². The number of nitrogen functional groups attached to an aromatic ring is 1. The van der Waals surface area contributed by atoms with Crippen molar-refractivity contribution in [1.82, 2.24) is 15.0 Å². The number of carbonyl (C=O) groups excluding carboxylic acids is 1. The predicted molar refractivity (Wildman–Crippen MR) is 120 cm³/mol. The zero-order chi connectivity index (χ0) is 22.4. The van der Waals surface area contributed by atoms with Crippen LogP contribution in [0.1, 0.15) is 30.7 Å². The van der Waals surface area contributed by atoms with E-state index in [-0.39, 0.29) is 17.5 Å². The molecule has 1 fully saturated rings. The fourth-order valence-electron chi connectivity index (χ4n) is 3.43. The number of nitrogens with two attached hydrogens (primary N) is 2. The molecular formula is C22H26FN7O. The Bertz CT molecular complexity index is 1020. The highest BCUT2D eigenvalue weighted by Gasteiger charge is 2.26. The van der Waals surface area contributed by atoms with Gasteiger partial charge in [0, 0.05) is 18.5 Å². The Morgan fingerprint density at radius 2 is 2.00 bits per heavy atom. The van der Waals surface area contributed by atoms with Crippen LogP contribution in [0.4, 0.5) is 15.9 Å². The number of halogens is 1. The van der Waals surface area contributed by atoms with Crippen LogP contribution in [0.25, 0.3) is 0 Å². The lowest BCUT2D eigenvalue weighted by molar-refractivity contribution is -0.119. The van der Waals surface area contributed by atoms with Crippen molar-refractivity contribution in [3.8, 4) is 0 Å².